The highest BCUT2D eigenvalue weighted by Gasteiger charge is 2.61. The van der Waals surface area contributed by atoms with Gasteiger partial charge in [-0.2, -0.15) is 0 Å². The number of aliphatic hydroxyl groups excluding tert-OH is 1. The maximum Gasteiger partial charge on any atom is 0.136 e. The Hall–Kier alpha value is -0.890. The van der Waals surface area contributed by atoms with Gasteiger partial charge in [0.25, 0.3) is 0 Å². The van der Waals surface area contributed by atoms with Crippen molar-refractivity contribution in [1.29, 1.82) is 0 Å². The van der Waals surface area contributed by atoms with E-state index in [0.29, 0.717) is 41.3 Å². The van der Waals surface area contributed by atoms with Crippen LogP contribution in [0, 0.1) is 46.3 Å². The molecule has 0 aromatic carbocycles. The standard InChI is InChI=1S/C29H46O2/c1-7-20(18(2)3)9-8-19(4)23-10-11-24-27-25(13-15-29(23,24)6)28(5)14-12-22(30)16-21(28)17-26(27)31/h17,19-20,23-27,31H,2,7-16H2,1,3-6H3. The normalized spacial score (nSPS) is 44.0. The van der Waals surface area contributed by atoms with Gasteiger partial charge >= 0.3 is 0 Å². The Bertz CT molecular complexity index is 750. The highest BCUT2D eigenvalue weighted by Crippen LogP contribution is 2.67. The number of hydrogen-bond donors (Lipinski definition) is 1. The van der Waals surface area contributed by atoms with Crippen molar-refractivity contribution in [3.8, 4) is 0 Å². The summed E-state index contributed by atoms with van der Waals surface area (Å²) in [7, 11) is 0. The molecule has 0 heterocycles. The third-order valence-corrected chi connectivity index (χ3v) is 10.9. The predicted octanol–water partition coefficient (Wildman–Crippen LogP) is 7.12. The zero-order valence-corrected chi connectivity index (χ0v) is 20.8. The number of fused-ring (bicyclic) bond motifs is 5. The highest BCUT2D eigenvalue weighted by atomic mass is 16.3. The van der Waals surface area contributed by atoms with Crippen LogP contribution in [0.5, 0.6) is 0 Å². The molecule has 9 unspecified atom stereocenters. The number of ketones is 1. The summed E-state index contributed by atoms with van der Waals surface area (Å²) >= 11 is 0. The van der Waals surface area contributed by atoms with Crippen LogP contribution in [0.25, 0.3) is 0 Å². The second-order valence-corrected chi connectivity index (χ2v) is 12.3. The molecule has 174 valence electrons. The number of Topliss-reactive ketones (excluding diaryl/α,β-unsaturated/α-hetero) is 1. The van der Waals surface area contributed by atoms with E-state index in [-0.39, 0.29) is 11.5 Å². The van der Waals surface area contributed by atoms with E-state index in [9.17, 15) is 9.90 Å². The van der Waals surface area contributed by atoms with E-state index in [1.165, 1.54) is 56.1 Å². The zero-order chi connectivity index (χ0) is 22.6. The van der Waals surface area contributed by atoms with Gasteiger partial charge < -0.3 is 5.11 Å². The molecule has 0 radical (unpaired) electrons. The average Bonchev–Trinajstić information content (AvgIpc) is 3.06. The fourth-order valence-electron chi connectivity index (χ4n) is 8.91. The molecule has 0 bridgehead atoms. The van der Waals surface area contributed by atoms with Crippen LogP contribution in [-0.2, 0) is 4.79 Å². The first-order chi connectivity index (χ1) is 14.6. The minimum atomic E-state index is -0.356. The molecule has 3 saturated carbocycles. The topological polar surface area (TPSA) is 37.3 Å². The number of aliphatic hydroxyl groups is 1. The molecule has 9 atom stereocenters. The summed E-state index contributed by atoms with van der Waals surface area (Å²) in [6.45, 7) is 16.2. The molecule has 0 aromatic rings. The number of allylic oxidation sites excluding steroid dienone is 2. The first-order valence-corrected chi connectivity index (χ1v) is 13.2. The lowest BCUT2D eigenvalue weighted by Gasteiger charge is -2.59. The molecule has 0 aliphatic heterocycles. The van der Waals surface area contributed by atoms with E-state index in [1.54, 1.807) is 0 Å². The molecule has 0 aromatic heterocycles. The summed E-state index contributed by atoms with van der Waals surface area (Å²) < 4.78 is 0. The van der Waals surface area contributed by atoms with Crippen LogP contribution in [0.15, 0.2) is 23.8 Å². The summed E-state index contributed by atoms with van der Waals surface area (Å²) in [5.74, 6) is 4.12. The molecule has 4 rings (SSSR count). The van der Waals surface area contributed by atoms with Crippen molar-refractivity contribution in [3.63, 3.8) is 0 Å². The highest BCUT2D eigenvalue weighted by molar-refractivity contribution is 5.82. The van der Waals surface area contributed by atoms with E-state index >= 15 is 0 Å². The Balaban J connectivity index is 1.53. The largest absolute Gasteiger partial charge is 0.389 e. The van der Waals surface area contributed by atoms with Crippen molar-refractivity contribution >= 4 is 5.78 Å². The number of carbonyl (C=O) groups is 1. The van der Waals surface area contributed by atoms with Gasteiger partial charge in [-0.3, -0.25) is 4.79 Å². The van der Waals surface area contributed by atoms with E-state index < -0.39 is 0 Å². The summed E-state index contributed by atoms with van der Waals surface area (Å²) in [6, 6.07) is 0. The molecular weight excluding hydrogens is 380 g/mol. The van der Waals surface area contributed by atoms with Gasteiger partial charge in [-0.25, -0.2) is 0 Å². The van der Waals surface area contributed by atoms with E-state index in [1.807, 2.05) is 0 Å². The number of hydrogen-bond acceptors (Lipinski definition) is 2. The Morgan fingerprint density at radius 1 is 1.19 bits per heavy atom. The van der Waals surface area contributed by atoms with E-state index in [2.05, 4.69) is 47.3 Å². The van der Waals surface area contributed by atoms with Crippen LogP contribution in [0.4, 0.5) is 0 Å². The Labute approximate surface area is 191 Å². The lowest BCUT2D eigenvalue weighted by Crippen LogP contribution is -2.54. The molecule has 2 nitrogen and oxygen atoms in total. The van der Waals surface area contributed by atoms with Crippen LogP contribution in [-0.4, -0.2) is 17.0 Å². The molecule has 2 heteroatoms. The average molecular weight is 427 g/mol. The molecule has 3 fully saturated rings. The Morgan fingerprint density at radius 2 is 1.94 bits per heavy atom. The molecule has 0 amide bonds. The van der Waals surface area contributed by atoms with Crippen molar-refractivity contribution in [2.24, 2.45) is 46.3 Å². The summed E-state index contributed by atoms with van der Waals surface area (Å²) in [6.07, 6.45) is 13.0. The monoisotopic (exact) mass is 426 g/mol. The Kier molecular flexibility index (Phi) is 6.36. The van der Waals surface area contributed by atoms with Gasteiger partial charge in [0, 0.05) is 12.8 Å². The van der Waals surface area contributed by atoms with Crippen molar-refractivity contribution in [1.82, 2.24) is 0 Å². The molecule has 0 spiro atoms. The van der Waals surface area contributed by atoms with Gasteiger partial charge in [0.1, 0.15) is 5.78 Å². The minimum absolute atomic E-state index is 0.138. The molecule has 31 heavy (non-hydrogen) atoms. The fourth-order valence-corrected chi connectivity index (χ4v) is 8.91. The van der Waals surface area contributed by atoms with Gasteiger partial charge in [-0.15, -0.1) is 0 Å². The predicted molar refractivity (Wildman–Crippen MR) is 129 cm³/mol. The second kappa shape index (κ2) is 8.47. The zero-order valence-electron chi connectivity index (χ0n) is 20.8. The van der Waals surface area contributed by atoms with Gasteiger partial charge in [0.05, 0.1) is 6.10 Å². The van der Waals surface area contributed by atoms with Gasteiger partial charge in [0.15, 0.2) is 0 Å². The Morgan fingerprint density at radius 3 is 2.61 bits per heavy atom. The molecule has 0 saturated heterocycles. The first-order valence-electron chi connectivity index (χ1n) is 13.2. The van der Waals surface area contributed by atoms with Crippen LogP contribution >= 0.6 is 0 Å². The van der Waals surface area contributed by atoms with E-state index in [4.69, 9.17) is 0 Å². The smallest absolute Gasteiger partial charge is 0.136 e. The third kappa shape index (κ3) is 3.79. The number of carbonyl (C=O) groups excluding carboxylic acids is 1. The van der Waals surface area contributed by atoms with Crippen LogP contribution < -0.4 is 0 Å². The van der Waals surface area contributed by atoms with Crippen LogP contribution in [0.1, 0.15) is 98.8 Å². The van der Waals surface area contributed by atoms with Gasteiger partial charge in [0.2, 0.25) is 0 Å². The quantitative estimate of drug-likeness (QED) is 0.459. The van der Waals surface area contributed by atoms with Crippen LogP contribution in [0.2, 0.25) is 0 Å². The molecular formula is C29H46O2. The second-order valence-electron chi connectivity index (χ2n) is 12.3. The van der Waals surface area contributed by atoms with Crippen molar-refractivity contribution in [2.45, 2.75) is 105 Å². The SMILES string of the molecule is C=C(C)C(CC)CCC(C)C1CCC2C3C(O)C=C4CC(=O)CCC4(C)C3CCC12C. The maximum atomic E-state index is 12.1. The molecule has 4 aliphatic carbocycles. The summed E-state index contributed by atoms with van der Waals surface area (Å²) in [5.41, 5.74) is 3.10. The van der Waals surface area contributed by atoms with Crippen molar-refractivity contribution in [2.75, 3.05) is 0 Å². The lowest BCUT2D eigenvalue weighted by atomic mass is 9.46. The number of rotatable bonds is 6. The van der Waals surface area contributed by atoms with Crippen molar-refractivity contribution in [3.05, 3.63) is 23.8 Å². The first kappa shape index (κ1) is 23.3. The minimum Gasteiger partial charge on any atom is -0.389 e. The van der Waals surface area contributed by atoms with E-state index in [0.717, 1.165) is 24.7 Å². The fraction of sp³-hybridized carbons (Fsp3) is 0.828. The maximum absolute atomic E-state index is 12.1. The van der Waals surface area contributed by atoms with Gasteiger partial charge in [-0.1, -0.05) is 51.5 Å². The van der Waals surface area contributed by atoms with Gasteiger partial charge in [-0.05, 0) is 105 Å². The van der Waals surface area contributed by atoms with Crippen LogP contribution in [0.3, 0.4) is 0 Å². The summed E-state index contributed by atoms with van der Waals surface area (Å²) in [5, 5.41) is 11.3. The molecule has 1 N–H and O–H groups in total. The summed E-state index contributed by atoms with van der Waals surface area (Å²) in [4.78, 5) is 12.1. The van der Waals surface area contributed by atoms with Crippen molar-refractivity contribution < 1.29 is 9.90 Å². The third-order valence-electron chi connectivity index (χ3n) is 10.9. The molecule has 4 aliphatic rings. The lowest BCUT2D eigenvalue weighted by molar-refractivity contribution is -0.125.